The van der Waals surface area contributed by atoms with E-state index in [0.29, 0.717) is 12.0 Å². The van der Waals surface area contributed by atoms with Crippen molar-refractivity contribution in [2.24, 2.45) is 5.92 Å². The number of fused-ring (bicyclic) bond motifs is 4. The summed E-state index contributed by atoms with van der Waals surface area (Å²) in [5.41, 5.74) is -0.393. The highest BCUT2D eigenvalue weighted by Gasteiger charge is 2.33. The Morgan fingerprint density at radius 2 is 2.06 bits per heavy atom. The maximum absolute atomic E-state index is 12.0. The predicted molar refractivity (Wildman–Crippen MR) is 62.3 cm³/mol. The van der Waals surface area contributed by atoms with Gasteiger partial charge in [-0.15, -0.1) is 0 Å². The lowest BCUT2D eigenvalue weighted by molar-refractivity contribution is 0.0242. The van der Waals surface area contributed by atoms with Gasteiger partial charge in [-0.25, -0.2) is 4.79 Å². The molecule has 1 amide bonds. The molecule has 0 unspecified atom stereocenters. The molecule has 4 heteroatoms. The second kappa shape index (κ2) is 4.24. The van der Waals surface area contributed by atoms with Crippen molar-refractivity contribution in [2.75, 3.05) is 19.6 Å². The summed E-state index contributed by atoms with van der Waals surface area (Å²) in [5, 5.41) is 3.48. The molecule has 0 aliphatic carbocycles. The summed E-state index contributed by atoms with van der Waals surface area (Å²) in [5.74, 6) is 0.603. The van der Waals surface area contributed by atoms with Gasteiger partial charge in [-0.05, 0) is 46.1 Å². The Hall–Kier alpha value is -0.770. The third-order valence-corrected chi connectivity index (χ3v) is 3.19. The Morgan fingerprint density at radius 3 is 2.62 bits per heavy atom. The first kappa shape index (κ1) is 11.7. The molecule has 4 nitrogen and oxygen atoms in total. The SMILES string of the molecule is CC(C)(C)OC(=O)N1C[C@@H]2CC[C@H](C1)NC2. The summed E-state index contributed by atoms with van der Waals surface area (Å²) in [6.07, 6.45) is 2.26. The number of hydrogen-bond donors (Lipinski definition) is 1. The van der Waals surface area contributed by atoms with Crippen molar-refractivity contribution in [3.8, 4) is 0 Å². The monoisotopic (exact) mass is 226 g/mol. The minimum atomic E-state index is -0.393. The molecule has 2 bridgehead atoms. The van der Waals surface area contributed by atoms with Crippen LogP contribution in [0.5, 0.6) is 0 Å². The van der Waals surface area contributed by atoms with Crippen LogP contribution in [0.15, 0.2) is 0 Å². The Morgan fingerprint density at radius 1 is 1.31 bits per heavy atom. The molecule has 1 N–H and O–H groups in total. The van der Waals surface area contributed by atoms with E-state index in [0.717, 1.165) is 19.6 Å². The molecule has 3 heterocycles. The molecule has 3 saturated heterocycles. The fraction of sp³-hybridized carbons (Fsp3) is 0.917. The number of carbonyl (C=O) groups is 1. The normalized spacial score (nSPS) is 30.1. The maximum atomic E-state index is 12.0. The van der Waals surface area contributed by atoms with Gasteiger partial charge in [0.05, 0.1) is 0 Å². The van der Waals surface area contributed by atoms with Crippen molar-refractivity contribution in [2.45, 2.75) is 45.3 Å². The molecule has 0 spiro atoms. The van der Waals surface area contributed by atoms with E-state index < -0.39 is 5.60 Å². The lowest BCUT2D eigenvalue weighted by Gasteiger charge is -2.27. The molecule has 0 aromatic rings. The van der Waals surface area contributed by atoms with Gasteiger partial charge in [-0.1, -0.05) is 0 Å². The van der Waals surface area contributed by atoms with Crippen LogP contribution >= 0.6 is 0 Å². The Kier molecular flexibility index (Phi) is 3.10. The topological polar surface area (TPSA) is 41.6 Å². The van der Waals surface area contributed by atoms with Crippen molar-refractivity contribution in [3.05, 3.63) is 0 Å². The molecule has 0 radical (unpaired) electrons. The van der Waals surface area contributed by atoms with Gasteiger partial charge in [0.15, 0.2) is 0 Å². The number of hydrogen-bond acceptors (Lipinski definition) is 3. The standard InChI is InChI=1S/C12H22N2O2/c1-12(2,3)16-11(15)14-7-9-4-5-10(8-14)13-6-9/h9-10,13H,4-8H2,1-3H3/t9-,10-/m1/s1. The van der Waals surface area contributed by atoms with Crippen LogP contribution in [0.4, 0.5) is 4.79 Å². The van der Waals surface area contributed by atoms with Gasteiger partial charge in [0, 0.05) is 19.1 Å². The second-order valence-corrected chi connectivity index (χ2v) is 5.93. The molecule has 3 aliphatic heterocycles. The summed E-state index contributed by atoms with van der Waals surface area (Å²) >= 11 is 0. The van der Waals surface area contributed by atoms with Crippen LogP contribution in [0.1, 0.15) is 33.6 Å². The van der Waals surface area contributed by atoms with E-state index >= 15 is 0 Å². The number of amides is 1. The second-order valence-electron chi connectivity index (χ2n) is 5.93. The fourth-order valence-electron chi connectivity index (χ4n) is 2.41. The molecule has 3 aliphatic rings. The molecular weight excluding hydrogens is 204 g/mol. The molecule has 0 aromatic carbocycles. The Bertz CT molecular complexity index is 251. The highest BCUT2D eigenvalue weighted by Crippen LogP contribution is 2.22. The molecule has 0 aromatic heterocycles. The highest BCUT2D eigenvalue weighted by molar-refractivity contribution is 5.68. The number of piperidine rings is 1. The van der Waals surface area contributed by atoms with Crippen LogP contribution in [-0.4, -0.2) is 42.3 Å². The summed E-state index contributed by atoms with van der Waals surface area (Å²) in [7, 11) is 0. The summed E-state index contributed by atoms with van der Waals surface area (Å²) in [6, 6.07) is 0.464. The van der Waals surface area contributed by atoms with Gasteiger partial charge in [0.1, 0.15) is 5.60 Å². The van der Waals surface area contributed by atoms with Crippen molar-refractivity contribution in [3.63, 3.8) is 0 Å². The van der Waals surface area contributed by atoms with Crippen LogP contribution in [-0.2, 0) is 4.74 Å². The van der Waals surface area contributed by atoms with E-state index in [1.54, 1.807) is 0 Å². The molecule has 2 atom stereocenters. The number of carbonyl (C=O) groups excluding carboxylic acids is 1. The van der Waals surface area contributed by atoms with E-state index in [1.165, 1.54) is 12.8 Å². The largest absolute Gasteiger partial charge is 0.444 e. The molecule has 3 fully saturated rings. The zero-order valence-corrected chi connectivity index (χ0v) is 10.5. The minimum absolute atomic E-state index is 0.159. The first-order chi connectivity index (χ1) is 7.44. The smallest absolute Gasteiger partial charge is 0.410 e. The Labute approximate surface area is 97.3 Å². The zero-order valence-electron chi connectivity index (χ0n) is 10.5. The van der Waals surface area contributed by atoms with E-state index in [9.17, 15) is 4.79 Å². The van der Waals surface area contributed by atoms with E-state index in [-0.39, 0.29) is 6.09 Å². The van der Waals surface area contributed by atoms with E-state index in [1.807, 2.05) is 25.7 Å². The number of nitrogens with zero attached hydrogens (tertiary/aromatic N) is 1. The molecule has 16 heavy (non-hydrogen) atoms. The van der Waals surface area contributed by atoms with Gasteiger partial charge in [0.2, 0.25) is 0 Å². The van der Waals surface area contributed by atoms with Crippen LogP contribution in [0.3, 0.4) is 0 Å². The lowest BCUT2D eigenvalue weighted by Crippen LogP contribution is -2.42. The maximum Gasteiger partial charge on any atom is 0.410 e. The van der Waals surface area contributed by atoms with Crippen molar-refractivity contribution in [1.82, 2.24) is 10.2 Å². The van der Waals surface area contributed by atoms with E-state index in [2.05, 4.69) is 5.32 Å². The number of rotatable bonds is 0. The van der Waals surface area contributed by atoms with Gasteiger partial charge in [-0.2, -0.15) is 0 Å². The van der Waals surface area contributed by atoms with Crippen molar-refractivity contribution >= 4 is 6.09 Å². The quantitative estimate of drug-likeness (QED) is 0.682. The van der Waals surface area contributed by atoms with Crippen LogP contribution < -0.4 is 5.32 Å². The molecule has 3 rings (SSSR count). The van der Waals surface area contributed by atoms with Gasteiger partial charge in [0.25, 0.3) is 0 Å². The number of ether oxygens (including phenoxy) is 1. The third kappa shape index (κ3) is 2.88. The summed E-state index contributed by atoms with van der Waals surface area (Å²) < 4.78 is 5.42. The first-order valence-electron chi connectivity index (χ1n) is 6.15. The Balaban J connectivity index is 1.96. The number of nitrogens with one attached hydrogen (secondary N) is 1. The summed E-state index contributed by atoms with van der Waals surface area (Å²) in [6.45, 7) is 8.43. The van der Waals surface area contributed by atoms with Crippen molar-refractivity contribution < 1.29 is 9.53 Å². The van der Waals surface area contributed by atoms with E-state index in [4.69, 9.17) is 4.74 Å². The van der Waals surface area contributed by atoms with Crippen molar-refractivity contribution in [1.29, 1.82) is 0 Å². The average Bonchev–Trinajstić information content (AvgIpc) is 2.47. The lowest BCUT2D eigenvalue weighted by atomic mass is 9.97. The van der Waals surface area contributed by atoms with Gasteiger partial charge in [-0.3, -0.25) is 0 Å². The zero-order chi connectivity index (χ0) is 11.8. The summed E-state index contributed by atoms with van der Waals surface area (Å²) in [4.78, 5) is 13.8. The predicted octanol–water partition coefficient (Wildman–Crippen LogP) is 1.61. The van der Waals surface area contributed by atoms with Gasteiger partial charge >= 0.3 is 6.09 Å². The minimum Gasteiger partial charge on any atom is -0.444 e. The third-order valence-electron chi connectivity index (χ3n) is 3.19. The van der Waals surface area contributed by atoms with Gasteiger partial charge < -0.3 is 15.0 Å². The first-order valence-corrected chi connectivity index (χ1v) is 6.15. The van der Waals surface area contributed by atoms with Crippen LogP contribution in [0, 0.1) is 5.92 Å². The highest BCUT2D eigenvalue weighted by atomic mass is 16.6. The average molecular weight is 226 g/mol. The molecule has 0 saturated carbocycles. The van der Waals surface area contributed by atoms with Crippen LogP contribution in [0.2, 0.25) is 0 Å². The van der Waals surface area contributed by atoms with Crippen LogP contribution in [0.25, 0.3) is 0 Å². The molecule has 92 valence electrons. The fourth-order valence-corrected chi connectivity index (χ4v) is 2.41. The molecular formula is C12H22N2O2.